The van der Waals surface area contributed by atoms with E-state index in [1.165, 1.54) is 0 Å². The second-order valence-electron chi connectivity index (χ2n) is 24.5. The number of likely N-dealkylation sites (tertiary alicyclic amines) is 1. The zero-order valence-corrected chi connectivity index (χ0v) is 53.1. The van der Waals surface area contributed by atoms with Crippen molar-refractivity contribution in [2.24, 2.45) is 0 Å². The van der Waals surface area contributed by atoms with E-state index in [1.807, 2.05) is 196 Å². The maximum absolute atomic E-state index is 13.4. The summed E-state index contributed by atoms with van der Waals surface area (Å²) in [6.07, 6.45) is 0.726. The molecule has 8 heterocycles. The van der Waals surface area contributed by atoms with Gasteiger partial charge < -0.3 is 58.9 Å². The topological polar surface area (TPSA) is 246 Å². The summed E-state index contributed by atoms with van der Waals surface area (Å²) in [5.41, 5.74) is 10.1. The molecule has 2 aromatic heterocycles. The van der Waals surface area contributed by atoms with Crippen LogP contribution < -0.4 is 0 Å². The average molecular weight is 1290 g/mol. The molecule has 6 aromatic carbocycles. The third-order valence-corrected chi connectivity index (χ3v) is 18.6. The summed E-state index contributed by atoms with van der Waals surface area (Å²) in [6.45, 7) is 8.69. The Labute approximate surface area is 551 Å². The first-order valence-corrected chi connectivity index (χ1v) is 32.3. The highest BCUT2D eigenvalue weighted by Gasteiger charge is 2.46. The molecule has 95 heavy (non-hydrogen) atoms. The minimum absolute atomic E-state index is 0.0969. The van der Waals surface area contributed by atoms with Crippen LogP contribution in [0, 0.1) is 0 Å². The number of morpholine rings is 3. The molecule has 0 radical (unpaired) electrons. The van der Waals surface area contributed by atoms with Crippen LogP contribution in [0.4, 0.5) is 0 Å². The predicted octanol–water partition coefficient (Wildman–Crippen LogP) is 6.27. The van der Waals surface area contributed by atoms with Crippen molar-refractivity contribution >= 4 is 35.4 Å². The first-order chi connectivity index (χ1) is 46.2. The second kappa shape index (κ2) is 29.7. The molecule has 22 heteroatoms. The second-order valence-corrected chi connectivity index (χ2v) is 24.5. The van der Waals surface area contributed by atoms with E-state index in [1.54, 1.807) is 51.2 Å². The van der Waals surface area contributed by atoms with Crippen molar-refractivity contribution in [3.8, 4) is 11.4 Å². The predicted molar refractivity (Wildman–Crippen MR) is 348 cm³/mol. The molecule has 6 amide bonds. The van der Waals surface area contributed by atoms with Crippen LogP contribution in [0.2, 0.25) is 0 Å². The molecule has 1 unspecified atom stereocenters. The fourth-order valence-corrected chi connectivity index (χ4v) is 13.3. The van der Waals surface area contributed by atoms with Crippen molar-refractivity contribution in [2.45, 2.75) is 114 Å². The number of aliphatic hydroxyl groups excluding tert-OH is 3. The molecule has 4 fully saturated rings. The number of hydrogen-bond acceptors (Lipinski definition) is 14. The van der Waals surface area contributed by atoms with Crippen molar-refractivity contribution in [2.75, 3.05) is 46.0 Å². The lowest BCUT2D eigenvalue weighted by Gasteiger charge is -2.39. The Morgan fingerprint density at radius 1 is 0.474 bits per heavy atom. The van der Waals surface area contributed by atoms with Crippen LogP contribution >= 0.6 is 0 Å². The number of ether oxygens (including phenoxy) is 3. The van der Waals surface area contributed by atoms with Gasteiger partial charge in [-0.2, -0.15) is 10.2 Å². The highest BCUT2D eigenvalue weighted by Crippen LogP contribution is 2.35. The van der Waals surface area contributed by atoms with Gasteiger partial charge in [0.15, 0.2) is 36.6 Å². The Morgan fingerprint density at radius 2 is 0.874 bits per heavy atom. The van der Waals surface area contributed by atoms with Crippen molar-refractivity contribution in [1.29, 1.82) is 0 Å². The molecule has 9 atom stereocenters. The monoisotopic (exact) mass is 1290 g/mol. The van der Waals surface area contributed by atoms with Gasteiger partial charge in [0.05, 0.1) is 49.3 Å². The molecular weight excluding hydrogens is 1210 g/mol. The Balaban J connectivity index is 0.000000138. The van der Waals surface area contributed by atoms with Crippen LogP contribution in [-0.4, -0.2) is 182 Å². The molecule has 492 valence electrons. The largest absolute Gasteiger partial charge is 0.380 e. The molecule has 0 spiro atoms. The van der Waals surface area contributed by atoms with E-state index in [9.17, 15) is 44.1 Å². The fraction of sp³-hybridized carbons (Fsp3) is 0.342. The van der Waals surface area contributed by atoms with Crippen LogP contribution in [0.25, 0.3) is 11.4 Å². The molecule has 3 N–H and O–H groups in total. The number of aliphatic hydroxyl groups is 3. The molecule has 4 saturated heterocycles. The zero-order chi connectivity index (χ0) is 66.1. The summed E-state index contributed by atoms with van der Waals surface area (Å²) in [4.78, 5) is 88.2. The van der Waals surface area contributed by atoms with E-state index in [4.69, 9.17) is 14.2 Å². The van der Waals surface area contributed by atoms with Crippen molar-refractivity contribution < 1.29 is 58.3 Å². The minimum Gasteiger partial charge on any atom is -0.380 e. The van der Waals surface area contributed by atoms with E-state index in [2.05, 4.69) is 10.2 Å². The summed E-state index contributed by atoms with van der Waals surface area (Å²) in [5.74, 6) is -2.48. The number of nitrogens with zero attached hydrogens (tertiary/aromatic N) is 10. The average Bonchev–Trinajstić information content (AvgIpc) is 1.82. The summed E-state index contributed by atoms with van der Waals surface area (Å²) in [5, 5.41) is 40.8. The lowest BCUT2D eigenvalue weighted by atomic mass is 10.0. The number of rotatable bonds is 15. The Kier molecular flexibility index (Phi) is 20.5. The van der Waals surface area contributed by atoms with Gasteiger partial charge in [-0.15, -0.1) is 0 Å². The maximum atomic E-state index is 13.4. The zero-order valence-electron chi connectivity index (χ0n) is 53.1. The summed E-state index contributed by atoms with van der Waals surface area (Å²) in [7, 11) is 0. The molecule has 6 aliphatic heterocycles. The maximum Gasteiger partial charge on any atom is 0.255 e. The quantitative estimate of drug-likeness (QED) is 0.103. The number of fused-ring (bicyclic) bond motifs is 2. The number of aromatic nitrogens is 4. The van der Waals surface area contributed by atoms with Gasteiger partial charge in [-0.05, 0) is 108 Å². The number of carbonyl (C=O) groups excluding carboxylic acids is 6. The lowest BCUT2D eigenvalue weighted by Crippen LogP contribution is -2.57. The Bertz CT molecular complexity index is 3890. The van der Waals surface area contributed by atoms with E-state index in [0.717, 1.165) is 68.7 Å². The first kappa shape index (κ1) is 65.4. The number of benzene rings is 6. The van der Waals surface area contributed by atoms with E-state index >= 15 is 0 Å². The normalized spacial score (nSPS) is 21.0. The SMILES string of the molecule is C[C@H](c1ccc(-n2cccn2)cc1)N1CCO[C@H]([C@@H](O)C(=O)N2CCCC2c2ccccc2)C1=O.C[C@H](c1ccc(-n2cccn2)cc1)N1CCO[C@H]([C@@H](O)C(=O)N2Cc3ccccc3C2)C1=O.O=C([C@H](O)[C@H]1OCCN(Cc2ccccc2)C1=O)N1Cc2ccccc2C1. The van der Waals surface area contributed by atoms with Crippen molar-refractivity contribution in [3.63, 3.8) is 0 Å². The van der Waals surface area contributed by atoms with Crippen LogP contribution in [0.1, 0.15) is 89.3 Å². The molecule has 14 rings (SSSR count). The Hall–Kier alpha value is -9.68. The third kappa shape index (κ3) is 14.5. The number of hydrogen-bond donors (Lipinski definition) is 3. The summed E-state index contributed by atoms with van der Waals surface area (Å²) >= 11 is 0. The standard InChI is InChI=1S/C27H30N4O4.C25H26N4O4.C21H22N2O4/c1-19(20-10-12-22(13-11-20)31-16-6-14-28-31)29-17-18-35-25(27(29)34)24(32)26(33)30-15-5-9-23(30)21-7-3-2-4-8-21;1-17(18-7-9-21(10-8-18)29-12-4-11-26-29)28-13-14-33-23(25(28)32)22(30)24(31)27-15-19-5-2-3-6-20(19)16-27;24-18(20(25)23-13-16-8-4-5-9-17(16)14-23)19-21(26)22(10-11-27-19)12-15-6-2-1-3-7-15/h2-4,6-8,10-14,16,19,23-25,32H,5,9,15,17-18H2,1H3;2-12,17,22-23,30H,13-16H2,1H3;1-9,18-19,24H,10-14H2/t19-,23?,24-,25-;17-,22-,23-;18-,19-/m111/s1. The number of carbonyl (C=O) groups is 6. The van der Waals surface area contributed by atoms with Gasteiger partial charge in [0.1, 0.15) is 0 Å². The lowest BCUT2D eigenvalue weighted by molar-refractivity contribution is -0.174. The summed E-state index contributed by atoms with van der Waals surface area (Å²) in [6, 6.07) is 53.9. The first-order valence-electron chi connectivity index (χ1n) is 32.3. The van der Waals surface area contributed by atoms with Crippen molar-refractivity contribution in [3.05, 3.63) is 239 Å². The van der Waals surface area contributed by atoms with Crippen LogP contribution in [-0.2, 0) is 75.7 Å². The van der Waals surface area contributed by atoms with Crippen LogP contribution in [0.5, 0.6) is 0 Å². The molecule has 8 aromatic rings. The Morgan fingerprint density at radius 3 is 1.31 bits per heavy atom. The number of amides is 6. The van der Waals surface area contributed by atoms with Gasteiger partial charge in [-0.1, -0.05) is 133 Å². The molecule has 0 aliphatic carbocycles. The molecule has 0 bridgehead atoms. The fourth-order valence-electron chi connectivity index (χ4n) is 13.3. The van der Waals surface area contributed by atoms with Gasteiger partial charge in [-0.3, -0.25) is 28.8 Å². The van der Waals surface area contributed by atoms with E-state index in [0.29, 0.717) is 65.5 Å². The van der Waals surface area contributed by atoms with Crippen molar-refractivity contribution in [1.82, 2.24) is 49.0 Å². The highest BCUT2D eigenvalue weighted by atomic mass is 16.5. The van der Waals surface area contributed by atoms with E-state index < -0.39 is 54.3 Å². The van der Waals surface area contributed by atoms with Crippen LogP contribution in [0.3, 0.4) is 0 Å². The van der Waals surface area contributed by atoms with Gasteiger partial charge in [-0.25, -0.2) is 9.36 Å². The third-order valence-electron chi connectivity index (χ3n) is 18.6. The molecule has 0 saturated carbocycles. The van der Waals surface area contributed by atoms with Gasteiger partial charge in [0.2, 0.25) is 0 Å². The van der Waals surface area contributed by atoms with E-state index in [-0.39, 0.29) is 49.1 Å². The van der Waals surface area contributed by atoms with Gasteiger partial charge in [0, 0.05) is 83.7 Å². The van der Waals surface area contributed by atoms with Crippen LogP contribution in [0.15, 0.2) is 195 Å². The van der Waals surface area contributed by atoms with Gasteiger partial charge >= 0.3 is 0 Å². The smallest absolute Gasteiger partial charge is 0.255 e. The summed E-state index contributed by atoms with van der Waals surface area (Å²) < 4.78 is 20.3. The molecule has 22 nitrogen and oxygen atoms in total. The highest BCUT2D eigenvalue weighted by molar-refractivity contribution is 5.93. The van der Waals surface area contributed by atoms with Gasteiger partial charge in [0.25, 0.3) is 35.4 Å². The molecular formula is C73H78N10O12. The minimum atomic E-state index is -1.54. The molecule has 6 aliphatic rings.